The summed E-state index contributed by atoms with van der Waals surface area (Å²) >= 11 is 0. The molecule has 2 rings (SSSR count). The monoisotopic (exact) mass is 306 g/mol. The fourth-order valence-corrected chi connectivity index (χ4v) is 2.11. The predicted molar refractivity (Wildman–Crippen MR) is 84.9 cm³/mol. The Bertz CT molecular complexity index is 306. The first-order chi connectivity index (χ1) is 8.45. The van der Waals surface area contributed by atoms with Crippen molar-refractivity contribution in [1.29, 1.82) is 0 Å². The largest absolute Gasteiger partial charge is 0.494 e. The minimum Gasteiger partial charge on any atom is -0.494 e. The zero-order valence-electron chi connectivity index (χ0n) is 11.1. The molecule has 0 aromatic heterocycles. The molecule has 2 N–H and O–H groups in total. The lowest BCUT2D eigenvalue weighted by atomic mass is 10.1. The van der Waals surface area contributed by atoms with Gasteiger partial charge in [-0.2, -0.15) is 0 Å². The van der Waals surface area contributed by atoms with Crippen LogP contribution in [0.5, 0.6) is 5.75 Å². The van der Waals surface area contributed by atoms with E-state index in [9.17, 15) is 0 Å². The molecule has 1 heterocycles. The highest BCUT2D eigenvalue weighted by Crippen LogP contribution is 2.08. The number of ether oxygens (including phenoxy) is 1. The van der Waals surface area contributed by atoms with Crippen molar-refractivity contribution in [2.45, 2.75) is 25.3 Å². The number of nitrogens with one attached hydrogen (secondary N) is 2. The average Bonchev–Trinajstić information content (AvgIpc) is 2.41. The summed E-state index contributed by atoms with van der Waals surface area (Å²) < 4.78 is 5.64. The first kappa shape index (κ1) is 18.5. The number of para-hydroxylation sites is 1. The van der Waals surface area contributed by atoms with Crippen LogP contribution < -0.4 is 15.4 Å². The zero-order chi connectivity index (χ0) is 11.8. The van der Waals surface area contributed by atoms with E-state index in [2.05, 4.69) is 10.6 Å². The van der Waals surface area contributed by atoms with E-state index in [1.807, 2.05) is 30.3 Å². The Morgan fingerprint density at radius 2 is 2.00 bits per heavy atom. The van der Waals surface area contributed by atoms with Gasteiger partial charge in [-0.1, -0.05) is 18.2 Å². The Labute approximate surface area is 128 Å². The van der Waals surface area contributed by atoms with Gasteiger partial charge < -0.3 is 15.4 Å². The van der Waals surface area contributed by atoms with Gasteiger partial charge in [-0.15, -0.1) is 24.8 Å². The summed E-state index contributed by atoms with van der Waals surface area (Å²) in [4.78, 5) is 0. The fraction of sp³-hybridized carbons (Fsp3) is 0.571. The van der Waals surface area contributed by atoms with E-state index in [-0.39, 0.29) is 24.8 Å². The number of piperidine rings is 1. The van der Waals surface area contributed by atoms with Crippen LogP contribution in [0.4, 0.5) is 0 Å². The maximum absolute atomic E-state index is 5.64. The van der Waals surface area contributed by atoms with E-state index in [0.29, 0.717) is 6.04 Å². The van der Waals surface area contributed by atoms with E-state index >= 15 is 0 Å². The molecule has 1 fully saturated rings. The van der Waals surface area contributed by atoms with Gasteiger partial charge in [-0.3, -0.25) is 0 Å². The van der Waals surface area contributed by atoms with Crippen LogP contribution in [0.15, 0.2) is 30.3 Å². The van der Waals surface area contributed by atoms with Crippen LogP contribution in [0.2, 0.25) is 0 Å². The molecule has 1 unspecified atom stereocenters. The van der Waals surface area contributed by atoms with E-state index < -0.39 is 0 Å². The molecule has 1 aliphatic heterocycles. The first-order valence-electron chi connectivity index (χ1n) is 6.57. The Kier molecular flexibility index (Phi) is 11.1. The molecule has 5 heteroatoms. The van der Waals surface area contributed by atoms with Crippen molar-refractivity contribution in [2.24, 2.45) is 0 Å². The lowest BCUT2D eigenvalue weighted by Gasteiger charge is -2.23. The second-order valence-electron chi connectivity index (χ2n) is 4.51. The summed E-state index contributed by atoms with van der Waals surface area (Å²) in [5.41, 5.74) is 0. The lowest BCUT2D eigenvalue weighted by Crippen LogP contribution is -2.43. The number of benzene rings is 1. The predicted octanol–water partition coefficient (Wildman–Crippen LogP) is 2.64. The van der Waals surface area contributed by atoms with Crippen LogP contribution in [-0.4, -0.2) is 32.3 Å². The van der Waals surface area contributed by atoms with Crippen LogP contribution in [-0.2, 0) is 0 Å². The van der Waals surface area contributed by atoms with Gasteiger partial charge in [-0.25, -0.2) is 0 Å². The van der Waals surface area contributed by atoms with Crippen LogP contribution in [0.3, 0.4) is 0 Å². The number of hydrogen-bond donors (Lipinski definition) is 2. The number of hydrogen-bond acceptors (Lipinski definition) is 3. The minimum absolute atomic E-state index is 0. The molecule has 0 aliphatic carbocycles. The van der Waals surface area contributed by atoms with Crippen molar-refractivity contribution in [1.82, 2.24) is 10.6 Å². The SMILES string of the molecule is Cl.Cl.c1ccc(OCCCNC2CCCNC2)cc1. The molecule has 1 aromatic rings. The Morgan fingerprint density at radius 1 is 1.21 bits per heavy atom. The van der Waals surface area contributed by atoms with Gasteiger partial charge in [-0.05, 0) is 44.5 Å². The molecule has 1 saturated heterocycles. The molecule has 1 aliphatic rings. The quantitative estimate of drug-likeness (QED) is 0.793. The normalized spacial score (nSPS) is 18.0. The smallest absolute Gasteiger partial charge is 0.119 e. The van der Waals surface area contributed by atoms with Crippen LogP contribution >= 0.6 is 24.8 Å². The lowest BCUT2D eigenvalue weighted by molar-refractivity contribution is 0.299. The van der Waals surface area contributed by atoms with Gasteiger partial charge in [0.25, 0.3) is 0 Å². The summed E-state index contributed by atoms with van der Waals surface area (Å²) in [7, 11) is 0. The zero-order valence-corrected chi connectivity index (χ0v) is 12.8. The highest BCUT2D eigenvalue weighted by molar-refractivity contribution is 5.85. The molecule has 0 bridgehead atoms. The van der Waals surface area contributed by atoms with Crippen LogP contribution in [0.1, 0.15) is 19.3 Å². The van der Waals surface area contributed by atoms with Gasteiger partial charge in [0.15, 0.2) is 0 Å². The second kappa shape index (κ2) is 11.4. The topological polar surface area (TPSA) is 33.3 Å². The third-order valence-corrected chi connectivity index (χ3v) is 3.06. The van der Waals surface area contributed by atoms with Crippen LogP contribution in [0, 0.1) is 0 Å². The summed E-state index contributed by atoms with van der Waals surface area (Å²) in [6.45, 7) is 4.12. The van der Waals surface area contributed by atoms with E-state index in [0.717, 1.165) is 31.9 Å². The molecule has 19 heavy (non-hydrogen) atoms. The van der Waals surface area contributed by atoms with Crippen molar-refractivity contribution >= 4 is 24.8 Å². The van der Waals surface area contributed by atoms with Crippen molar-refractivity contribution in [3.05, 3.63) is 30.3 Å². The molecule has 1 atom stereocenters. The van der Waals surface area contributed by atoms with Gasteiger partial charge in [0.05, 0.1) is 6.61 Å². The van der Waals surface area contributed by atoms with Crippen molar-refractivity contribution in [2.75, 3.05) is 26.2 Å². The van der Waals surface area contributed by atoms with Gasteiger partial charge in [0, 0.05) is 12.6 Å². The standard InChI is InChI=1S/C14H22N2O.2ClH/c1-2-7-14(8-3-1)17-11-5-10-16-13-6-4-9-15-12-13;;/h1-3,7-8,13,15-16H,4-6,9-12H2;2*1H. The summed E-state index contributed by atoms with van der Waals surface area (Å²) in [6.07, 6.45) is 3.65. The molecule has 110 valence electrons. The maximum atomic E-state index is 5.64. The maximum Gasteiger partial charge on any atom is 0.119 e. The first-order valence-corrected chi connectivity index (χ1v) is 6.57. The van der Waals surface area contributed by atoms with Crippen molar-refractivity contribution < 1.29 is 4.74 Å². The Morgan fingerprint density at radius 3 is 2.68 bits per heavy atom. The highest BCUT2D eigenvalue weighted by atomic mass is 35.5. The molecule has 0 amide bonds. The molecule has 0 saturated carbocycles. The Balaban J connectivity index is 0.00000162. The number of rotatable bonds is 6. The molecule has 0 spiro atoms. The summed E-state index contributed by atoms with van der Waals surface area (Å²) in [5.74, 6) is 0.965. The van der Waals surface area contributed by atoms with Gasteiger partial charge in [0.1, 0.15) is 5.75 Å². The van der Waals surface area contributed by atoms with Crippen LogP contribution in [0.25, 0.3) is 0 Å². The van der Waals surface area contributed by atoms with Gasteiger partial charge in [0.2, 0.25) is 0 Å². The van der Waals surface area contributed by atoms with Crippen molar-refractivity contribution in [3.8, 4) is 5.75 Å². The highest BCUT2D eigenvalue weighted by Gasteiger charge is 2.10. The minimum atomic E-state index is 0. The van der Waals surface area contributed by atoms with Crippen molar-refractivity contribution in [3.63, 3.8) is 0 Å². The molecule has 0 radical (unpaired) electrons. The fourth-order valence-electron chi connectivity index (χ4n) is 2.11. The molecule has 3 nitrogen and oxygen atoms in total. The van der Waals surface area contributed by atoms with E-state index in [1.165, 1.54) is 19.4 Å². The Hall–Kier alpha value is -0.480. The molecule has 1 aromatic carbocycles. The van der Waals surface area contributed by atoms with E-state index in [1.54, 1.807) is 0 Å². The third kappa shape index (κ3) is 7.63. The molecular weight excluding hydrogens is 283 g/mol. The number of halogens is 2. The van der Waals surface area contributed by atoms with E-state index in [4.69, 9.17) is 4.74 Å². The average molecular weight is 307 g/mol. The summed E-state index contributed by atoms with van der Waals surface area (Å²) in [6, 6.07) is 10.7. The van der Waals surface area contributed by atoms with Gasteiger partial charge >= 0.3 is 0 Å². The molecular formula is C14H24Cl2N2O. The second-order valence-corrected chi connectivity index (χ2v) is 4.51. The third-order valence-electron chi connectivity index (χ3n) is 3.06. The summed E-state index contributed by atoms with van der Waals surface area (Å²) in [5, 5.41) is 6.97.